The molecule has 0 amide bonds. The second kappa shape index (κ2) is 4.08. The van der Waals surface area contributed by atoms with Crippen molar-refractivity contribution in [2.24, 2.45) is 5.11 Å². The number of hydrogen-bond donors (Lipinski definition) is 0. The summed E-state index contributed by atoms with van der Waals surface area (Å²) in [6.07, 6.45) is -5.42. The fraction of sp³-hybridized carbons (Fsp3) is 0.800. The van der Waals surface area contributed by atoms with Crippen LogP contribution in [0.25, 0.3) is 10.4 Å². The largest absolute Gasteiger partial charge is 0.389 e. The van der Waals surface area contributed by atoms with Crippen LogP contribution in [-0.2, 0) is 0 Å². The van der Waals surface area contributed by atoms with Crippen molar-refractivity contribution in [1.29, 1.82) is 0 Å². The van der Waals surface area contributed by atoms with E-state index in [1.807, 2.05) is 0 Å². The van der Waals surface area contributed by atoms with Gasteiger partial charge in [0.2, 0.25) is 0 Å². The highest BCUT2D eigenvalue weighted by Gasteiger charge is 2.30. The van der Waals surface area contributed by atoms with E-state index < -0.39 is 18.6 Å². The molecule has 0 aromatic rings. The Kier molecular flexibility index (Phi) is 3.74. The number of alkyl halides is 3. The van der Waals surface area contributed by atoms with Crippen molar-refractivity contribution in [1.82, 2.24) is 0 Å². The van der Waals surface area contributed by atoms with Crippen LogP contribution in [0.15, 0.2) is 5.11 Å². The van der Waals surface area contributed by atoms with Gasteiger partial charge in [0.15, 0.2) is 0 Å². The SMILES string of the molecule is [CH2]CC(CC(F)(F)F)N=[N+]=[N-]. The molecule has 0 saturated heterocycles. The quantitative estimate of drug-likeness (QED) is 0.351. The zero-order valence-corrected chi connectivity index (χ0v) is 5.67. The lowest BCUT2D eigenvalue weighted by atomic mass is 10.2. The van der Waals surface area contributed by atoms with E-state index in [1.54, 1.807) is 0 Å². The molecule has 1 radical (unpaired) electrons. The van der Waals surface area contributed by atoms with Gasteiger partial charge < -0.3 is 0 Å². The lowest BCUT2D eigenvalue weighted by Crippen LogP contribution is -2.16. The lowest BCUT2D eigenvalue weighted by Gasteiger charge is -2.10. The molecule has 0 aliphatic rings. The van der Waals surface area contributed by atoms with Crippen molar-refractivity contribution >= 4 is 0 Å². The molecule has 3 nitrogen and oxygen atoms in total. The average molecular weight is 166 g/mol. The Morgan fingerprint density at radius 1 is 1.55 bits per heavy atom. The number of azide groups is 1. The van der Waals surface area contributed by atoms with E-state index in [4.69, 9.17) is 5.53 Å². The number of halogens is 3. The van der Waals surface area contributed by atoms with Gasteiger partial charge in [-0.1, -0.05) is 12.0 Å². The molecule has 0 heterocycles. The molecule has 11 heavy (non-hydrogen) atoms. The molecule has 63 valence electrons. The maximum absolute atomic E-state index is 11.6. The minimum absolute atomic E-state index is 0.0381. The van der Waals surface area contributed by atoms with Crippen molar-refractivity contribution in [2.45, 2.75) is 25.1 Å². The second-order valence-corrected chi connectivity index (χ2v) is 1.97. The smallest absolute Gasteiger partial charge is 0.171 e. The topological polar surface area (TPSA) is 48.8 Å². The first-order chi connectivity index (χ1) is 4.99. The first kappa shape index (κ1) is 10.1. The normalized spacial score (nSPS) is 13.8. The van der Waals surface area contributed by atoms with E-state index >= 15 is 0 Å². The van der Waals surface area contributed by atoms with Crippen LogP contribution in [0.4, 0.5) is 13.2 Å². The summed E-state index contributed by atoms with van der Waals surface area (Å²) in [6.45, 7) is 3.22. The monoisotopic (exact) mass is 166 g/mol. The van der Waals surface area contributed by atoms with Crippen LogP contribution < -0.4 is 0 Å². The van der Waals surface area contributed by atoms with Gasteiger partial charge in [0.05, 0.1) is 6.42 Å². The molecule has 0 rings (SSSR count). The summed E-state index contributed by atoms with van der Waals surface area (Å²) in [5.74, 6) is 0. The highest BCUT2D eigenvalue weighted by atomic mass is 19.4. The van der Waals surface area contributed by atoms with E-state index in [0.717, 1.165) is 0 Å². The minimum Gasteiger partial charge on any atom is -0.171 e. The molecule has 0 aromatic carbocycles. The lowest BCUT2D eigenvalue weighted by molar-refractivity contribution is -0.137. The van der Waals surface area contributed by atoms with Crippen molar-refractivity contribution in [3.63, 3.8) is 0 Å². The minimum atomic E-state index is -4.28. The van der Waals surface area contributed by atoms with Gasteiger partial charge in [-0.15, -0.1) is 0 Å². The van der Waals surface area contributed by atoms with Gasteiger partial charge in [-0.05, 0) is 12.0 Å². The molecule has 1 unspecified atom stereocenters. The molecular formula is C5H7F3N3. The molecule has 6 heteroatoms. The van der Waals surface area contributed by atoms with E-state index in [9.17, 15) is 13.2 Å². The van der Waals surface area contributed by atoms with Crippen LogP contribution in [0.1, 0.15) is 12.8 Å². The summed E-state index contributed by atoms with van der Waals surface area (Å²) in [7, 11) is 0. The van der Waals surface area contributed by atoms with Gasteiger partial charge in [0.25, 0.3) is 0 Å². The Hall–Kier alpha value is -0.900. The first-order valence-electron chi connectivity index (χ1n) is 2.90. The van der Waals surface area contributed by atoms with Crippen LogP contribution in [0, 0.1) is 6.92 Å². The third-order valence-corrected chi connectivity index (χ3v) is 1.02. The highest BCUT2D eigenvalue weighted by Crippen LogP contribution is 2.24. The highest BCUT2D eigenvalue weighted by molar-refractivity contribution is 4.71. The summed E-state index contributed by atoms with van der Waals surface area (Å²) in [5.41, 5.74) is 7.83. The Morgan fingerprint density at radius 3 is 2.36 bits per heavy atom. The molecule has 0 bridgehead atoms. The van der Waals surface area contributed by atoms with Crippen LogP contribution in [0.2, 0.25) is 0 Å². The third kappa shape index (κ3) is 5.54. The van der Waals surface area contributed by atoms with Gasteiger partial charge in [0.1, 0.15) is 0 Å². The molecule has 0 spiro atoms. The Morgan fingerprint density at radius 2 is 2.09 bits per heavy atom. The van der Waals surface area contributed by atoms with Crippen molar-refractivity contribution < 1.29 is 13.2 Å². The predicted molar refractivity (Wildman–Crippen MR) is 33.6 cm³/mol. The van der Waals surface area contributed by atoms with E-state index in [0.29, 0.717) is 0 Å². The van der Waals surface area contributed by atoms with Crippen molar-refractivity contribution in [3.05, 3.63) is 17.4 Å². The van der Waals surface area contributed by atoms with E-state index in [1.165, 1.54) is 0 Å². The van der Waals surface area contributed by atoms with Crippen LogP contribution in [-0.4, -0.2) is 12.2 Å². The first-order valence-corrected chi connectivity index (χ1v) is 2.90. The maximum Gasteiger partial charge on any atom is 0.389 e. The standard InChI is InChI=1S/C5H7F3N3/c1-2-4(10-11-9)3-5(6,7)8/h4H,1-3H2. The fourth-order valence-electron chi connectivity index (χ4n) is 0.541. The number of nitrogens with zero attached hydrogens (tertiary/aromatic N) is 3. The number of rotatable bonds is 3. The molecule has 0 saturated carbocycles. The summed E-state index contributed by atoms with van der Waals surface area (Å²) < 4.78 is 34.8. The van der Waals surface area contributed by atoms with Gasteiger partial charge in [-0.25, -0.2) is 0 Å². The van der Waals surface area contributed by atoms with Gasteiger partial charge >= 0.3 is 6.18 Å². The fourth-order valence-corrected chi connectivity index (χ4v) is 0.541. The molecule has 0 aliphatic heterocycles. The van der Waals surface area contributed by atoms with Gasteiger partial charge in [-0.2, -0.15) is 13.2 Å². The zero-order valence-electron chi connectivity index (χ0n) is 5.67. The van der Waals surface area contributed by atoms with E-state index in [2.05, 4.69) is 16.9 Å². The summed E-state index contributed by atoms with van der Waals surface area (Å²) >= 11 is 0. The van der Waals surface area contributed by atoms with Crippen molar-refractivity contribution in [3.8, 4) is 0 Å². The molecule has 0 fully saturated rings. The Labute approximate surface area is 61.8 Å². The van der Waals surface area contributed by atoms with Crippen LogP contribution >= 0.6 is 0 Å². The second-order valence-electron chi connectivity index (χ2n) is 1.97. The molecule has 0 aromatic heterocycles. The third-order valence-electron chi connectivity index (χ3n) is 1.02. The number of hydrogen-bond acceptors (Lipinski definition) is 1. The predicted octanol–water partition coefficient (Wildman–Crippen LogP) is 2.84. The van der Waals surface area contributed by atoms with Crippen LogP contribution in [0.5, 0.6) is 0 Å². The molecule has 0 N–H and O–H groups in total. The Bertz CT molecular complexity index is 159. The van der Waals surface area contributed by atoms with Crippen LogP contribution in [0.3, 0.4) is 0 Å². The summed E-state index contributed by atoms with van der Waals surface area (Å²) in [4.78, 5) is 2.28. The van der Waals surface area contributed by atoms with E-state index in [-0.39, 0.29) is 6.42 Å². The zero-order chi connectivity index (χ0) is 8.91. The average Bonchev–Trinajstić information content (AvgIpc) is 1.84. The molecule has 1 atom stereocenters. The molecular weight excluding hydrogens is 159 g/mol. The Balaban J connectivity index is 3.98. The molecule has 0 aliphatic carbocycles. The van der Waals surface area contributed by atoms with Gasteiger partial charge in [-0.3, -0.25) is 0 Å². The maximum atomic E-state index is 11.6. The van der Waals surface area contributed by atoms with Crippen molar-refractivity contribution in [2.75, 3.05) is 0 Å². The van der Waals surface area contributed by atoms with Gasteiger partial charge in [0, 0.05) is 11.0 Å². The summed E-state index contributed by atoms with van der Waals surface area (Å²) in [6, 6.07) is -1.07. The summed E-state index contributed by atoms with van der Waals surface area (Å²) in [5, 5.41) is 2.93.